The summed E-state index contributed by atoms with van der Waals surface area (Å²) in [7, 11) is 0. The van der Waals surface area contributed by atoms with Crippen molar-refractivity contribution in [1.29, 1.82) is 0 Å². The van der Waals surface area contributed by atoms with Crippen LogP contribution in [0.15, 0.2) is 12.7 Å². The SMILES string of the molecule is C=CCCCC(Br)CCCC. The molecule has 0 aromatic carbocycles. The minimum atomic E-state index is 0.738. The molecule has 66 valence electrons. The Morgan fingerprint density at radius 2 is 2.00 bits per heavy atom. The minimum Gasteiger partial charge on any atom is -0.103 e. The van der Waals surface area contributed by atoms with E-state index in [1.165, 1.54) is 32.1 Å². The highest BCUT2D eigenvalue weighted by Crippen LogP contribution is 2.16. The Bertz CT molecular complexity index is 88.9. The van der Waals surface area contributed by atoms with Crippen LogP contribution in [0.4, 0.5) is 0 Å². The summed E-state index contributed by atoms with van der Waals surface area (Å²) < 4.78 is 0. The van der Waals surface area contributed by atoms with E-state index in [1.54, 1.807) is 0 Å². The second kappa shape index (κ2) is 8.32. The van der Waals surface area contributed by atoms with Crippen LogP contribution in [0, 0.1) is 0 Å². The van der Waals surface area contributed by atoms with Gasteiger partial charge in [0.05, 0.1) is 0 Å². The molecular formula is C10H19Br. The molecule has 0 aromatic rings. The third-order valence-corrected chi connectivity index (χ3v) is 2.71. The highest BCUT2D eigenvalue weighted by molar-refractivity contribution is 9.09. The van der Waals surface area contributed by atoms with Gasteiger partial charge in [-0.2, -0.15) is 0 Å². The topological polar surface area (TPSA) is 0 Å². The predicted molar refractivity (Wildman–Crippen MR) is 56.3 cm³/mol. The third kappa shape index (κ3) is 8.12. The Morgan fingerprint density at radius 1 is 1.36 bits per heavy atom. The van der Waals surface area contributed by atoms with Gasteiger partial charge in [0.15, 0.2) is 0 Å². The summed E-state index contributed by atoms with van der Waals surface area (Å²) in [4.78, 5) is 0.738. The third-order valence-electron chi connectivity index (χ3n) is 1.80. The molecule has 0 aliphatic carbocycles. The van der Waals surface area contributed by atoms with E-state index in [0.29, 0.717) is 0 Å². The molecule has 0 N–H and O–H groups in total. The van der Waals surface area contributed by atoms with E-state index in [-0.39, 0.29) is 0 Å². The van der Waals surface area contributed by atoms with E-state index in [4.69, 9.17) is 0 Å². The van der Waals surface area contributed by atoms with Crippen molar-refractivity contribution in [2.24, 2.45) is 0 Å². The second-order valence-electron chi connectivity index (χ2n) is 2.96. The average molecular weight is 219 g/mol. The van der Waals surface area contributed by atoms with Crippen LogP contribution in [0.1, 0.15) is 45.4 Å². The minimum absolute atomic E-state index is 0.738. The van der Waals surface area contributed by atoms with E-state index in [0.717, 1.165) is 11.2 Å². The van der Waals surface area contributed by atoms with Crippen LogP contribution in [-0.2, 0) is 0 Å². The van der Waals surface area contributed by atoms with E-state index in [2.05, 4.69) is 29.4 Å². The van der Waals surface area contributed by atoms with Gasteiger partial charge in [0, 0.05) is 4.83 Å². The molecule has 0 aliphatic rings. The van der Waals surface area contributed by atoms with Crippen molar-refractivity contribution in [2.75, 3.05) is 0 Å². The number of rotatable bonds is 7. The lowest BCUT2D eigenvalue weighted by Crippen LogP contribution is -1.96. The molecule has 0 saturated carbocycles. The van der Waals surface area contributed by atoms with Crippen LogP contribution in [-0.4, -0.2) is 4.83 Å². The van der Waals surface area contributed by atoms with Crippen molar-refractivity contribution in [3.05, 3.63) is 12.7 Å². The molecular weight excluding hydrogens is 200 g/mol. The molecule has 0 saturated heterocycles. The summed E-state index contributed by atoms with van der Waals surface area (Å²) in [5, 5.41) is 0. The first-order valence-electron chi connectivity index (χ1n) is 4.56. The number of hydrogen-bond acceptors (Lipinski definition) is 0. The predicted octanol–water partition coefficient (Wildman–Crippen LogP) is 4.30. The maximum atomic E-state index is 3.70. The van der Waals surface area contributed by atoms with Gasteiger partial charge in [-0.05, 0) is 25.7 Å². The molecule has 0 bridgehead atoms. The first-order valence-corrected chi connectivity index (χ1v) is 5.47. The molecule has 0 fully saturated rings. The van der Waals surface area contributed by atoms with E-state index in [9.17, 15) is 0 Å². The normalized spacial score (nSPS) is 12.9. The van der Waals surface area contributed by atoms with Gasteiger partial charge >= 0.3 is 0 Å². The van der Waals surface area contributed by atoms with Gasteiger partial charge in [-0.1, -0.05) is 41.8 Å². The second-order valence-corrected chi connectivity index (χ2v) is 4.25. The van der Waals surface area contributed by atoms with E-state index >= 15 is 0 Å². The van der Waals surface area contributed by atoms with Crippen molar-refractivity contribution in [1.82, 2.24) is 0 Å². The molecule has 0 amide bonds. The number of unbranched alkanes of at least 4 members (excludes halogenated alkanes) is 2. The monoisotopic (exact) mass is 218 g/mol. The lowest BCUT2D eigenvalue weighted by Gasteiger charge is -2.06. The van der Waals surface area contributed by atoms with Gasteiger partial charge in [0.25, 0.3) is 0 Å². The Kier molecular flexibility index (Phi) is 8.48. The molecule has 0 nitrogen and oxygen atoms in total. The summed E-state index contributed by atoms with van der Waals surface area (Å²) >= 11 is 3.67. The summed E-state index contributed by atoms with van der Waals surface area (Å²) in [6, 6.07) is 0. The molecule has 1 atom stereocenters. The lowest BCUT2D eigenvalue weighted by atomic mass is 10.1. The van der Waals surface area contributed by atoms with Crippen molar-refractivity contribution in [3.8, 4) is 0 Å². The van der Waals surface area contributed by atoms with Crippen LogP contribution in [0.2, 0.25) is 0 Å². The number of alkyl halides is 1. The fourth-order valence-corrected chi connectivity index (χ4v) is 1.70. The number of allylic oxidation sites excluding steroid dienone is 1. The van der Waals surface area contributed by atoms with E-state index in [1.807, 2.05) is 6.08 Å². The molecule has 0 heterocycles. The zero-order chi connectivity index (χ0) is 8.53. The molecule has 0 aromatic heterocycles. The first kappa shape index (κ1) is 11.2. The fourth-order valence-electron chi connectivity index (χ4n) is 1.05. The molecule has 0 rings (SSSR count). The van der Waals surface area contributed by atoms with Gasteiger partial charge in [0.2, 0.25) is 0 Å². The van der Waals surface area contributed by atoms with Crippen molar-refractivity contribution in [2.45, 2.75) is 50.3 Å². The summed E-state index contributed by atoms with van der Waals surface area (Å²) in [6.07, 6.45) is 9.73. The standard InChI is InChI=1S/C10H19Br/c1-3-5-7-9-10(11)8-6-4-2/h3,10H,1,4-9H2,2H3. The number of halogens is 1. The van der Waals surface area contributed by atoms with Crippen LogP contribution in [0.5, 0.6) is 0 Å². The Balaban J connectivity index is 3.08. The fraction of sp³-hybridized carbons (Fsp3) is 0.800. The molecule has 0 radical (unpaired) electrons. The van der Waals surface area contributed by atoms with Crippen molar-refractivity contribution in [3.63, 3.8) is 0 Å². The molecule has 0 spiro atoms. The quantitative estimate of drug-likeness (QED) is 0.340. The maximum absolute atomic E-state index is 3.70. The van der Waals surface area contributed by atoms with Crippen LogP contribution < -0.4 is 0 Å². The zero-order valence-electron chi connectivity index (χ0n) is 7.48. The van der Waals surface area contributed by atoms with Crippen molar-refractivity contribution >= 4 is 15.9 Å². The Labute approximate surface area is 79.2 Å². The molecule has 0 aliphatic heterocycles. The highest BCUT2D eigenvalue weighted by Gasteiger charge is 2.01. The first-order chi connectivity index (χ1) is 5.31. The molecule has 1 heteroatoms. The van der Waals surface area contributed by atoms with Crippen LogP contribution in [0.3, 0.4) is 0 Å². The van der Waals surface area contributed by atoms with Crippen LogP contribution in [0.25, 0.3) is 0 Å². The van der Waals surface area contributed by atoms with E-state index < -0.39 is 0 Å². The van der Waals surface area contributed by atoms with Crippen molar-refractivity contribution < 1.29 is 0 Å². The Hall–Kier alpha value is 0.220. The maximum Gasteiger partial charge on any atom is 0.0145 e. The largest absolute Gasteiger partial charge is 0.103 e. The average Bonchev–Trinajstić information content (AvgIpc) is 2.01. The van der Waals surface area contributed by atoms with Gasteiger partial charge in [-0.25, -0.2) is 0 Å². The lowest BCUT2D eigenvalue weighted by molar-refractivity contribution is 0.633. The van der Waals surface area contributed by atoms with Gasteiger partial charge < -0.3 is 0 Å². The molecule has 1 unspecified atom stereocenters. The van der Waals surface area contributed by atoms with Gasteiger partial charge in [-0.15, -0.1) is 6.58 Å². The summed E-state index contributed by atoms with van der Waals surface area (Å²) in [6.45, 7) is 5.94. The smallest absolute Gasteiger partial charge is 0.0145 e. The Morgan fingerprint density at radius 3 is 2.55 bits per heavy atom. The number of hydrogen-bond donors (Lipinski definition) is 0. The summed E-state index contributed by atoms with van der Waals surface area (Å²) in [5.74, 6) is 0. The van der Waals surface area contributed by atoms with Gasteiger partial charge in [0.1, 0.15) is 0 Å². The highest BCUT2D eigenvalue weighted by atomic mass is 79.9. The molecule has 11 heavy (non-hydrogen) atoms. The zero-order valence-corrected chi connectivity index (χ0v) is 9.07. The summed E-state index contributed by atoms with van der Waals surface area (Å²) in [5.41, 5.74) is 0. The van der Waals surface area contributed by atoms with Crippen LogP contribution >= 0.6 is 15.9 Å². The van der Waals surface area contributed by atoms with Gasteiger partial charge in [-0.3, -0.25) is 0 Å².